The molecule has 0 fully saturated rings. The fraction of sp³-hybridized carbons (Fsp3) is 0.515. The zero-order chi connectivity index (χ0) is 32.9. The number of thioether (sulfide) groups is 1. The monoisotopic (exact) mass is 628 g/mol. The lowest BCUT2D eigenvalue weighted by Crippen LogP contribution is -2.54. The molecule has 0 radical (unpaired) electrons. The average molecular weight is 629 g/mol. The van der Waals surface area contributed by atoms with Gasteiger partial charge in [-0.3, -0.25) is 14.4 Å². The molecule has 0 aliphatic carbocycles. The summed E-state index contributed by atoms with van der Waals surface area (Å²) < 4.78 is 5.26. The van der Waals surface area contributed by atoms with Crippen LogP contribution in [0, 0.1) is 6.92 Å². The minimum Gasteiger partial charge on any atom is -0.444 e. The van der Waals surface area contributed by atoms with Crippen LogP contribution in [0.2, 0.25) is 0 Å². The highest BCUT2D eigenvalue weighted by atomic mass is 32.2. The van der Waals surface area contributed by atoms with Crippen LogP contribution in [0.3, 0.4) is 0 Å². The minimum atomic E-state index is -1.62. The van der Waals surface area contributed by atoms with Crippen molar-refractivity contribution in [3.63, 3.8) is 0 Å². The van der Waals surface area contributed by atoms with Gasteiger partial charge in [0.15, 0.2) is 6.10 Å². The third-order valence-corrected chi connectivity index (χ3v) is 7.61. The normalized spacial score (nSPS) is 13.4. The SMILES string of the molecule is Cc1ccccc1CNC(=O)CN(CSC(C)C)C(=O)[C@@H](O)[C@H](Cc1ccccc1)NC(=O)CC(C)NC(=O)OC(C)(C)C. The molecular formula is C33H48N4O6S. The molecule has 4 amide bonds. The zero-order valence-corrected chi connectivity index (χ0v) is 27.7. The standard InChI is InChI=1S/C33H48N4O6S/c1-22(2)44-21-37(20-29(39)34-19-26-16-12-11-13-23(26)3)31(41)30(40)27(18-25-14-9-8-10-15-25)36-28(38)17-24(4)35-32(42)43-33(5,6)7/h8-16,22,24,27,30,40H,17-21H2,1-7H3,(H,34,39)(H,35,42)(H,36,38)/t24?,27-,30-/m0/s1. The smallest absolute Gasteiger partial charge is 0.407 e. The van der Waals surface area contributed by atoms with E-state index in [4.69, 9.17) is 4.74 Å². The Morgan fingerprint density at radius 1 is 0.932 bits per heavy atom. The quantitative estimate of drug-likeness (QED) is 0.220. The minimum absolute atomic E-state index is 0.0976. The summed E-state index contributed by atoms with van der Waals surface area (Å²) in [4.78, 5) is 53.1. The van der Waals surface area contributed by atoms with Crippen molar-refractivity contribution in [2.24, 2.45) is 0 Å². The number of hydrogen-bond donors (Lipinski definition) is 4. The van der Waals surface area contributed by atoms with Gasteiger partial charge in [-0.1, -0.05) is 68.4 Å². The molecule has 0 spiro atoms. The molecule has 10 nitrogen and oxygen atoms in total. The second-order valence-corrected chi connectivity index (χ2v) is 13.7. The molecule has 0 heterocycles. The van der Waals surface area contributed by atoms with Gasteiger partial charge in [0.05, 0.1) is 11.9 Å². The van der Waals surface area contributed by atoms with E-state index in [0.29, 0.717) is 6.54 Å². The van der Waals surface area contributed by atoms with Gasteiger partial charge < -0.3 is 30.7 Å². The van der Waals surface area contributed by atoms with Crippen LogP contribution in [0.15, 0.2) is 54.6 Å². The number of nitrogens with one attached hydrogen (secondary N) is 3. The summed E-state index contributed by atoms with van der Waals surface area (Å²) in [6, 6.07) is 15.4. The summed E-state index contributed by atoms with van der Waals surface area (Å²) in [7, 11) is 0. The molecule has 11 heteroatoms. The van der Waals surface area contributed by atoms with Gasteiger partial charge in [-0.25, -0.2) is 4.79 Å². The molecule has 1 unspecified atom stereocenters. The van der Waals surface area contributed by atoms with E-state index in [0.717, 1.165) is 16.7 Å². The van der Waals surface area contributed by atoms with Gasteiger partial charge in [0.1, 0.15) is 12.1 Å². The third-order valence-electron chi connectivity index (χ3n) is 6.48. The van der Waals surface area contributed by atoms with Gasteiger partial charge in [0.2, 0.25) is 11.8 Å². The molecule has 3 atom stereocenters. The van der Waals surface area contributed by atoms with Gasteiger partial charge in [-0.2, -0.15) is 0 Å². The third kappa shape index (κ3) is 13.8. The number of ether oxygens (including phenoxy) is 1. The molecule has 0 aliphatic heterocycles. The maximum absolute atomic E-state index is 13.7. The number of aliphatic hydroxyl groups excluding tert-OH is 1. The second-order valence-electron chi connectivity index (χ2n) is 12.1. The summed E-state index contributed by atoms with van der Waals surface area (Å²) in [5.74, 6) is -1.29. The van der Waals surface area contributed by atoms with Crippen LogP contribution >= 0.6 is 11.8 Å². The largest absolute Gasteiger partial charge is 0.444 e. The van der Waals surface area contributed by atoms with Gasteiger partial charge >= 0.3 is 6.09 Å². The number of aliphatic hydroxyl groups is 1. The van der Waals surface area contributed by atoms with E-state index in [2.05, 4.69) is 16.0 Å². The Balaban J connectivity index is 2.16. The molecular weight excluding hydrogens is 580 g/mol. The van der Waals surface area contributed by atoms with Crippen molar-refractivity contribution < 1.29 is 29.0 Å². The van der Waals surface area contributed by atoms with E-state index >= 15 is 0 Å². The Hall–Kier alpha value is -3.57. The van der Waals surface area contributed by atoms with Crippen LogP contribution in [0.1, 0.15) is 64.7 Å². The number of rotatable bonds is 15. The first-order chi connectivity index (χ1) is 20.6. The first kappa shape index (κ1) is 36.6. The van der Waals surface area contributed by atoms with Crippen molar-refractivity contribution in [1.29, 1.82) is 0 Å². The van der Waals surface area contributed by atoms with Crippen molar-refractivity contribution in [3.8, 4) is 0 Å². The molecule has 0 bridgehead atoms. The highest BCUT2D eigenvalue weighted by Gasteiger charge is 2.33. The Labute approximate surface area is 265 Å². The van der Waals surface area contributed by atoms with Gasteiger partial charge in [0.25, 0.3) is 5.91 Å². The molecule has 0 aliphatic rings. The van der Waals surface area contributed by atoms with Crippen LogP contribution in [-0.4, -0.2) is 75.3 Å². The zero-order valence-electron chi connectivity index (χ0n) is 26.9. The molecule has 0 aromatic heterocycles. The number of nitrogens with zero attached hydrogens (tertiary/aromatic N) is 1. The Bertz CT molecular complexity index is 1230. The van der Waals surface area contributed by atoms with Crippen LogP contribution in [0.25, 0.3) is 0 Å². The van der Waals surface area contributed by atoms with Crippen molar-refractivity contribution in [1.82, 2.24) is 20.9 Å². The van der Waals surface area contributed by atoms with E-state index in [1.54, 1.807) is 27.7 Å². The molecule has 4 N–H and O–H groups in total. The predicted octanol–water partition coefficient (Wildman–Crippen LogP) is 3.93. The van der Waals surface area contributed by atoms with Crippen LogP contribution in [0.4, 0.5) is 4.79 Å². The molecule has 44 heavy (non-hydrogen) atoms. The van der Waals surface area contributed by atoms with E-state index in [1.807, 2.05) is 75.4 Å². The summed E-state index contributed by atoms with van der Waals surface area (Å²) in [6.45, 7) is 12.9. The molecule has 0 saturated heterocycles. The first-order valence-electron chi connectivity index (χ1n) is 14.9. The van der Waals surface area contributed by atoms with Crippen LogP contribution in [0.5, 0.6) is 0 Å². The summed E-state index contributed by atoms with van der Waals surface area (Å²) in [6.07, 6.45) is -2.18. The molecule has 2 aromatic carbocycles. The van der Waals surface area contributed by atoms with Crippen LogP contribution in [-0.2, 0) is 32.1 Å². The lowest BCUT2D eigenvalue weighted by molar-refractivity contribution is -0.144. The summed E-state index contributed by atoms with van der Waals surface area (Å²) in [5, 5.41) is 19.8. The topological polar surface area (TPSA) is 137 Å². The van der Waals surface area contributed by atoms with Crippen LogP contribution < -0.4 is 16.0 Å². The Morgan fingerprint density at radius 2 is 1.57 bits per heavy atom. The van der Waals surface area contributed by atoms with Gasteiger partial charge in [-0.05, 0) is 57.7 Å². The number of benzene rings is 2. The van der Waals surface area contributed by atoms with E-state index in [9.17, 15) is 24.3 Å². The highest BCUT2D eigenvalue weighted by Crippen LogP contribution is 2.16. The van der Waals surface area contributed by atoms with Crippen molar-refractivity contribution in [3.05, 3.63) is 71.3 Å². The van der Waals surface area contributed by atoms with E-state index < -0.39 is 41.7 Å². The second kappa shape index (κ2) is 17.7. The van der Waals surface area contributed by atoms with Crippen molar-refractivity contribution in [2.45, 2.75) is 96.9 Å². The number of carbonyl (C=O) groups excluding carboxylic acids is 4. The number of aryl methyl sites for hydroxylation is 1. The first-order valence-corrected chi connectivity index (χ1v) is 15.9. The average Bonchev–Trinajstić information content (AvgIpc) is 2.92. The van der Waals surface area contributed by atoms with Crippen molar-refractivity contribution >= 4 is 35.6 Å². The summed E-state index contributed by atoms with van der Waals surface area (Å²) in [5.41, 5.74) is 2.13. The Morgan fingerprint density at radius 3 is 2.18 bits per heavy atom. The van der Waals surface area contributed by atoms with E-state index in [-0.39, 0.29) is 36.4 Å². The molecule has 2 rings (SSSR count). The maximum Gasteiger partial charge on any atom is 0.407 e. The van der Waals surface area contributed by atoms with E-state index in [1.165, 1.54) is 16.7 Å². The van der Waals surface area contributed by atoms with Gasteiger partial charge in [-0.15, -0.1) is 11.8 Å². The summed E-state index contributed by atoms with van der Waals surface area (Å²) >= 11 is 1.47. The number of amides is 4. The number of hydrogen-bond acceptors (Lipinski definition) is 7. The van der Waals surface area contributed by atoms with Gasteiger partial charge in [0, 0.05) is 24.3 Å². The molecule has 242 valence electrons. The molecule has 2 aromatic rings. The fourth-order valence-corrected chi connectivity index (χ4v) is 4.93. The highest BCUT2D eigenvalue weighted by molar-refractivity contribution is 7.99. The molecule has 0 saturated carbocycles. The lowest BCUT2D eigenvalue weighted by atomic mass is 9.99. The predicted molar refractivity (Wildman–Crippen MR) is 174 cm³/mol. The number of alkyl carbamates (subject to hydrolysis) is 1. The lowest BCUT2D eigenvalue weighted by Gasteiger charge is -2.30. The fourth-order valence-electron chi connectivity index (χ4n) is 4.23. The number of carbonyl (C=O) groups is 4. The Kier molecular flexibility index (Phi) is 14.7. The maximum atomic E-state index is 13.7. The van der Waals surface area contributed by atoms with Crippen molar-refractivity contribution in [2.75, 3.05) is 12.4 Å².